The number of rotatable bonds is 15. The van der Waals surface area contributed by atoms with Crippen LogP contribution in [0.4, 0.5) is 0 Å². The second-order valence-electron chi connectivity index (χ2n) is 9.03. The highest BCUT2D eigenvalue weighted by atomic mass is 16.2. The Labute approximate surface area is 197 Å². The molecule has 10 heteroatoms. The van der Waals surface area contributed by atoms with Crippen molar-refractivity contribution >= 4 is 29.5 Å². The SMILES string of the molecule is CCC(=O)N[C@H](C(=O)N[C@H](C(=O)NCC(=O)N[C@H](CC(C)C)C(N)=O)[C@H](C)CC)[C@@H](C)CC. The molecule has 190 valence electrons. The van der Waals surface area contributed by atoms with Crippen LogP contribution in [0, 0.1) is 17.8 Å². The molecule has 0 aliphatic heterocycles. The van der Waals surface area contributed by atoms with Crippen LogP contribution in [0.3, 0.4) is 0 Å². The van der Waals surface area contributed by atoms with Gasteiger partial charge in [0.05, 0.1) is 6.54 Å². The highest BCUT2D eigenvalue weighted by Gasteiger charge is 2.32. The maximum atomic E-state index is 13.0. The zero-order chi connectivity index (χ0) is 25.7. The first kappa shape index (κ1) is 30.4. The molecular formula is C23H43N5O5. The van der Waals surface area contributed by atoms with Crippen molar-refractivity contribution in [2.75, 3.05) is 6.54 Å². The number of hydrogen-bond donors (Lipinski definition) is 5. The zero-order valence-electron chi connectivity index (χ0n) is 21.1. The topological polar surface area (TPSA) is 159 Å². The first-order valence-electron chi connectivity index (χ1n) is 11.8. The van der Waals surface area contributed by atoms with Crippen LogP contribution in [-0.4, -0.2) is 54.2 Å². The molecule has 33 heavy (non-hydrogen) atoms. The molecule has 5 atom stereocenters. The third-order valence-corrected chi connectivity index (χ3v) is 5.74. The number of hydrogen-bond acceptors (Lipinski definition) is 5. The van der Waals surface area contributed by atoms with Gasteiger partial charge in [-0.25, -0.2) is 0 Å². The van der Waals surface area contributed by atoms with Gasteiger partial charge >= 0.3 is 0 Å². The van der Waals surface area contributed by atoms with Crippen molar-refractivity contribution in [3.63, 3.8) is 0 Å². The third-order valence-electron chi connectivity index (χ3n) is 5.74. The minimum absolute atomic E-state index is 0.126. The van der Waals surface area contributed by atoms with Crippen molar-refractivity contribution in [1.29, 1.82) is 0 Å². The third kappa shape index (κ3) is 11.2. The van der Waals surface area contributed by atoms with E-state index < -0.39 is 41.8 Å². The lowest BCUT2D eigenvalue weighted by atomic mass is 9.95. The highest BCUT2D eigenvalue weighted by molar-refractivity contribution is 5.94. The van der Waals surface area contributed by atoms with Gasteiger partial charge in [-0.1, -0.05) is 61.3 Å². The summed E-state index contributed by atoms with van der Waals surface area (Å²) in [6.07, 6.45) is 1.91. The Morgan fingerprint density at radius 1 is 0.727 bits per heavy atom. The molecule has 0 aromatic heterocycles. The molecule has 0 aromatic carbocycles. The second-order valence-corrected chi connectivity index (χ2v) is 9.03. The van der Waals surface area contributed by atoms with Crippen LogP contribution in [0.2, 0.25) is 0 Å². The summed E-state index contributed by atoms with van der Waals surface area (Å²) in [5.74, 6) is -2.59. The summed E-state index contributed by atoms with van der Waals surface area (Å²) in [5.41, 5.74) is 5.34. The van der Waals surface area contributed by atoms with Crippen LogP contribution in [0.25, 0.3) is 0 Å². The number of carbonyl (C=O) groups is 5. The van der Waals surface area contributed by atoms with E-state index in [1.165, 1.54) is 0 Å². The fourth-order valence-corrected chi connectivity index (χ4v) is 3.16. The molecular weight excluding hydrogens is 426 g/mol. The molecule has 0 saturated carbocycles. The summed E-state index contributed by atoms with van der Waals surface area (Å²) in [7, 11) is 0. The van der Waals surface area contributed by atoms with E-state index in [1.807, 2.05) is 41.5 Å². The number of primary amides is 1. The summed E-state index contributed by atoms with van der Waals surface area (Å²) in [6, 6.07) is -2.47. The van der Waals surface area contributed by atoms with Crippen molar-refractivity contribution < 1.29 is 24.0 Å². The van der Waals surface area contributed by atoms with Crippen molar-refractivity contribution in [1.82, 2.24) is 21.3 Å². The number of nitrogens with one attached hydrogen (secondary N) is 4. The Hall–Kier alpha value is -2.65. The largest absolute Gasteiger partial charge is 0.368 e. The molecule has 0 unspecified atom stereocenters. The van der Waals surface area contributed by atoms with Crippen molar-refractivity contribution in [3.05, 3.63) is 0 Å². The van der Waals surface area contributed by atoms with Gasteiger partial charge < -0.3 is 27.0 Å². The number of nitrogens with two attached hydrogens (primary N) is 1. The predicted octanol–water partition coefficient (Wildman–Crippen LogP) is 0.591. The Balaban J connectivity index is 5.24. The maximum absolute atomic E-state index is 13.0. The van der Waals surface area contributed by atoms with Gasteiger partial charge in [0, 0.05) is 6.42 Å². The first-order chi connectivity index (χ1) is 15.4. The number of amides is 5. The quantitative estimate of drug-likeness (QED) is 0.237. The van der Waals surface area contributed by atoms with Gasteiger partial charge in [0.15, 0.2) is 0 Å². The van der Waals surface area contributed by atoms with Crippen LogP contribution >= 0.6 is 0 Å². The monoisotopic (exact) mass is 469 g/mol. The van der Waals surface area contributed by atoms with Crippen molar-refractivity contribution in [3.8, 4) is 0 Å². The first-order valence-corrected chi connectivity index (χ1v) is 11.8. The van der Waals surface area contributed by atoms with Crippen LogP contribution in [0.5, 0.6) is 0 Å². The lowest BCUT2D eigenvalue weighted by molar-refractivity contribution is -0.134. The Morgan fingerprint density at radius 3 is 1.67 bits per heavy atom. The van der Waals surface area contributed by atoms with Gasteiger partial charge in [0.25, 0.3) is 0 Å². The minimum atomic E-state index is -0.886. The molecule has 0 saturated heterocycles. The van der Waals surface area contributed by atoms with E-state index in [9.17, 15) is 24.0 Å². The fourth-order valence-electron chi connectivity index (χ4n) is 3.16. The van der Waals surface area contributed by atoms with Crippen LogP contribution in [0.1, 0.15) is 74.1 Å². The molecule has 0 rings (SSSR count). The summed E-state index contributed by atoms with van der Waals surface area (Å²) in [5, 5.41) is 10.5. The van der Waals surface area contributed by atoms with Gasteiger partial charge in [-0.2, -0.15) is 0 Å². The van der Waals surface area contributed by atoms with Crippen molar-refractivity contribution in [2.45, 2.75) is 92.3 Å². The molecule has 0 heterocycles. The van der Waals surface area contributed by atoms with Gasteiger partial charge in [0.1, 0.15) is 18.1 Å². The maximum Gasteiger partial charge on any atom is 0.243 e. The fraction of sp³-hybridized carbons (Fsp3) is 0.783. The highest BCUT2D eigenvalue weighted by Crippen LogP contribution is 2.12. The lowest BCUT2D eigenvalue weighted by Gasteiger charge is -2.28. The molecule has 6 N–H and O–H groups in total. The molecule has 10 nitrogen and oxygen atoms in total. The molecule has 0 aliphatic rings. The number of carbonyl (C=O) groups excluding carboxylic acids is 5. The van der Waals surface area contributed by atoms with Crippen LogP contribution in [-0.2, 0) is 24.0 Å². The summed E-state index contributed by atoms with van der Waals surface area (Å²) < 4.78 is 0. The molecule has 0 fully saturated rings. The molecule has 0 aromatic rings. The zero-order valence-corrected chi connectivity index (χ0v) is 21.1. The van der Waals surface area contributed by atoms with E-state index >= 15 is 0 Å². The standard InChI is InChI=1S/C23H43N5O5/c1-8-14(6)19(28-23(33)20(15(7)9-2)27-17(29)10-3)22(32)25-12-18(30)26-16(21(24)31)11-13(4)5/h13-16,19-20H,8-12H2,1-7H3,(H2,24,31)(H,25,32)(H,26,30)(H,27,29)(H,28,33)/t14-,15+,16-,19+,20+/m1/s1. The van der Waals surface area contributed by atoms with E-state index in [1.54, 1.807) is 6.92 Å². The van der Waals surface area contributed by atoms with E-state index in [0.29, 0.717) is 19.3 Å². The Morgan fingerprint density at radius 2 is 1.24 bits per heavy atom. The normalized spacial score (nSPS) is 15.5. The van der Waals surface area contributed by atoms with E-state index in [2.05, 4.69) is 21.3 Å². The van der Waals surface area contributed by atoms with Gasteiger partial charge in [-0.15, -0.1) is 0 Å². The predicted molar refractivity (Wildman–Crippen MR) is 127 cm³/mol. The van der Waals surface area contributed by atoms with Gasteiger partial charge in [0.2, 0.25) is 29.5 Å². The molecule has 0 spiro atoms. The Bertz CT molecular complexity index is 682. The minimum Gasteiger partial charge on any atom is -0.368 e. The average molecular weight is 470 g/mol. The lowest BCUT2D eigenvalue weighted by Crippen LogP contribution is -2.58. The van der Waals surface area contributed by atoms with E-state index in [4.69, 9.17) is 5.73 Å². The Kier molecular flexibility index (Phi) is 14.0. The smallest absolute Gasteiger partial charge is 0.243 e. The molecule has 0 aliphatic carbocycles. The summed E-state index contributed by atoms with van der Waals surface area (Å²) in [4.78, 5) is 61.5. The summed E-state index contributed by atoms with van der Waals surface area (Å²) in [6.45, 7) is 12.6. The molecule has 5 amide bonds. The molecule has 0 bridgehead atoms. The summed E-state index contributed by atoms with van der Waals surface area (Å²) >= 11 is 0. The van der Waals surface area contributed by atoms with Crippen molar-refractivity contribution in [2.24, 2.45) is 23.5 Å². The van der Waals surface area contributed by atoms with Gasteiger partial charge in [-0.3, -0.25) is 24.0 Å². The molecule has 0 radical (unpaired) electrons. The second kappa shape index (κ2) is 15.2. The van der Waals surface area contributed by atoms with Gasteiger partial charge in [-0.05, 0) is 24.2 Å². The van der Waals surface area contributed by atoms with E-state index in [-0.39, 0.29) is 36.6 Å². The van der Waals surface area contributed by atoms with Crippen LogP contribution < -0.4 is 27.0 Å². The van der Waals surface area contributed by atoms with Crippen LogP contribution in [0.15, 0.2) is 0 Å². The van der Waals surface area contributed by atoms with E-state index in [0.717, 1.165) is 0 Å². The average Bonchev–Trinajstić information content (AvgIpc) is 2.76.